The predicted molar refractivity (Wildman–Crippen MR) is 102 cm³/mol. The molecule has 2 aromatic heterocycles. The van der Waals surface area contributed by atoms with Crippen molar-refractivity contribution in [1.29, 1.82) is 0 Å². The maximum absolute atomic E-state index is 12.2. The summed E-state index contributed by atoms with van der Waals surface area (Å²) < 4.78 is 0. The van der Waals surface area contributed by atoms with Gasteiger partial charge < -0.3 is 5.32 Å². The SMILES string of the molecule is Cc1ccc(C)c(NC(=O)CCSc2ncnc3sc(C)cc23)c1. The van der Waals surface area contributed by atoms with Crippen LogP contribution < -0.4 is 5.32 Å². The van der Waals surface area contributed by atoms with Crippen LogP contribution in [0.3, 0.4) is 0 Å². The topological polar surface area (TPSA) is 54.9 Å². The summed E-state index contributed by atoms with van der Waals surface area (Å²) in [4.78, 5) is 23.1. The second-order valence-corrected chi connectivity index (χ2v) is 8.04. The van der Waals surface area contributed by atoms with E-state index in [0.717, 1.165) is 32.1 Å². The van der Waals surface area contributed by atoms with Crippen LogP contribution in [0.1, 0.15) is 22.4 Å². The van der Waals surface area contributed by atoms with Crippen LogP contribution in [-0.2, 0) is 4.79 Å². The van der Waals surface area contributed by atoms with Gasteiger partial charge in [0.1, 0.15) is 16.2 Å². The normalized spacial score (nSPS) is 11.0. The highest BCUT2D eigenvalue weighted by Gasteiger charge is 2.09. The smallest absolute Gasteiger partial charge is 0.225 e. The van der Waals surface area contributed by atoms with Gasteiger partial charge in [-0.05, 0) is 44.0 Å². The molecule has 0 aliphatic heterocycles. The first-order valence-electron chi connectivity index (χ1n) is 7.74. The minimum absolute atomic E-state index is 0.0306. The number of aryl methyl sites for hydroxylation is 3. The molecule has 0 saturated heterocycles. The molecular formula is C18H19N3OS2. The maximum atomic E-state index is 12.2. The number of nitrogens with one attached hydrogen (secondary N) is 1. The highest BCUT2D eigenvalue weighted by molar-refractivity contribution is 7.99. The maximum Gasteiger partial charge on any atom is 0.225 e. The van der Waals surface area contributed by atoms with Crippen molar-refractivity contribution in [3.63, 3.8) is 0 Å². The summed E-state index contributed by atoms with van der Waals surface area (Å²) in [5, 5.41) is 5.03. The lowest BCUT2D eigenvalue weighted by Gasteiger charge is -2.09. The molecule has 0 saturated carbocycles. The molecule has 0 aliphatic rings. The van der Waals surface area contributed by atoms with E-state index in [0.29, 0.717) is 12.2 Å². The van der Waals surface area contributed by atoms with Gasteiger partial charge >= 0.3 is 0 Å². The minimum atomic E-state index is 0.0306. The Morgan fingerprint density at radius 1 is 1.21 bits per heavy atom. The number of carbonyl (C=O) groups excluding carboxylic acids is 1. The van der Waals surface area contributed by atoms with Crippen molar-refractivity contribution in [2.45, 2.75) is 32.2 Å². The van der Waals surface area contributed by atoms with Gasteiger partial charge in [0.2, 0.25) is 5.91 Å². The Bertz CT molecular complexity index is 889. The average molecular weight is 358 g/mol. The van der Waals surface area contributed by atoms with Gasteiger partial charge in [0.25, 0.3) is 0 Å². The van der Waals surface area contributed by atoms with Crippen molar-refractivity contribution in [1.82, 2.24) is 9.97 Å². The van der Waals surface area contributed by atoms with E-state index in [4.69, 9.17) is 0 Å². The van der Waals surface area contributed by atoms with Crippen LogP contribution in [0.25, 0.3) is 10.2 Å². The Balaban J connectivity index is 1.59. The molecule has 3 aromatic rings. The van der Waals surface area contributed by atoms with E-state index in [1.165, 1.54) is 4.88 Å². The summed E-state index contributed by atoms with van der Waals surface area (Å²) in [7, 11) is 0. The highest BCUT2D eigenvalue weighted by Crippen LogP contribution is 2.30. The van der Waals surface area contributed by atoms with Crippen molar-refractivity contribution < 1.29 is 4.79 Å². The molecular weight excluding hydrogens is 338 g/mol. The zero-order valence-electron chi connectivity index (χ0n) is 13.9. The monoisotopic (exact) mass is 357 g/mol. The number of hydrogen-bond acceptors (Lipinski definition) is 5. The molecule has 0 unspecified atom stereocenters. The van der Waals surface area contributed by atoms with Crippen LogP contribution in [0.15, 0.2) is 35.6 Å². The number of anilines is 1. The standard InChI is InChI=1S/C18H19N3OS2/c1-11-4-5-12(2)15(8-11)21-16(22)6-7-23-17-14-9-13(3)24-18(14)20-10-19-17/h4-5,8-10H,6-7H2,1-3H3,(H,21,22). The van der Waals surface area contributed by atoms with Crippen LogP contribution in [-0.4, -0.2) is 21.6 Å². The summed E-state index contributed by atoms with van der Waals surface area (Å²) >= 11 is 3.27. The zero-order chi connectivity index (χ0) is 17.1. The number of fused-ring (bicyclic) bond motifs is 1. The molecule has 1 aromatic carbocycles. The lowest BCUT2D eigenvalue weighted by Crippen LogP contribution is -2.13. The fraction of sp³-hybridized carbons (Fsp3) is 0.278. The lowest BCUT2D eigenvalue weighted by atomic mass is 10.1. The van der Waals surface area contributed by atoms with Crippen LogP contribution in [0.4, 0.5) is 5.69 Å². The van der Waals surface area contributed by atoms with Gasteiger partial charge in [0, 0.05) is 28.1 Å². The van der Waals surface area contributed by atoms with E-state index >= 15 is 0 Å². The molecule has 0 atom stereocenters. The number of thioether (sulfide) groups is 1. The molecule has 1 amide bonds. The number of thiophene rings is 1. The van der Waals surface area contributed by atoms with Crippen LogP contribution in [0.2, 0.25) is 0 Å². The number of nitrogens with zero attached hydrogens (tertiary/aromatic N) is 2. The van der Waals surface area contributed by atoms with E-state index in [9.17, 15) is 4.79 Å². The van der Waals surface area contributed by atoms with Crippen molar-refractivity contribution >= 4 is 44.9 Å². The summed E-state index contributed by atoms with van der Waals surface area (Å²) in [6.45, 7) is 6.09. The molecule has 2 heterocycles. The molecule has 0 aliphatic carbocycles. The largest absolute Gasteiger partial charge is 0.326 e. The van der Waals surface area contributed by atoms with Gasteiger partial charge in [-0.25, -0.2) is 9.97 Å². The number of amides is 1. The summed E-state index contributed by atoms with van der Waals surface area (Å²) in [5.41, 5.74) is 3.11. The number of aromatic nitrogens is 2. The second-order valence-electron chi connectivity index (χ2n) is 5.72. The van der Waals surface area contributed by atoms with Crippen molar-refractivity contribution in [3.8, 4) is 0 Å². The molecule has 3 rings (SSSR count). The molecule has 24 heavy (non-hydrogen) atoms. The molecule has 4 nitrogen and oxygen atoms in total. The van der Waals surface area contributed by atoms with Gasteiger partial charge in [-0.3, -0.25) is 4.79 Å². The van der Waals surface area contributed by atoms with E-state index in [1.807, 2.05) is 32.0 Å². The lowest BCUT2D eigenvalue weighted by molar-refractivity contribution is -0.115. The summed E-state index contributed by atoms with van der Waals surface area (Å²) in [5.74, 6) is 0.723. The molecule has 0 bridgehead atoms. The molecule has 0 spiro atoms. The Morgan fingerprint density at radius 3 is 2.88 bits per heavy atom. The number of carbonyl (C=O) groups is 1. The van der Waals surface area contributed by atoms with Crippen molar-refractivity contribution in [2.75, 3.05) is 11.1 Å². The quantitative estimate of drug-likeness (QED) is 0.529. The Kier molecular flexibility index (Phi) is 5.16. The number of hydrogen-bond donors (Lipinski definition) is 1. The van der Waals surface area contributed by atoms with E-state index in [-0.39, 0.29) is 5.91 Å². The predicted octanol–water partition coefficient (Wildman–Crippen LogP) is 4.74. The highest BCUT2D eigenvalue weighted by atomic mass is 32.2. The van der Waals surface area contributed by atoms with E-state index < -0.39 is 0 Å². The summed E-state index contributed by atoms with van der Waals surface area (Å²) in [6.07, 6.45) is 2.05. The van der Waals surface area contributed by atoms with E-state index in [1.54, 1.807) is 29.4 Å². The van der Waals surface area contributed by atoms with Crippen LogP contribution in [0, 0.1) is 20.8 Å². The first kappa shape index (κ1) is 16.9. The first-order valence-corrected chi connectivity index (χ1v) is 9.54. The zero-order valence-corrected chi connectivity index (χ0v) is 15.6. The fourth-order valence-electron chi connectivity index (χ4n) is 2.39. The molecule has 0 fully saturated rings. The molecule has 0 radical (unpaired) electrons. The second kappa shape index (κ2) is 7.32. The number of benzene rings is 1. The van der Waals surface area contributed by atoms with Gasteiger partial charge in [-0.2, -0.15) is 0 Å². The third-order valence-corrected chi connectivity index (χ3v) is 5.62. The van der Waals surface area contributed by atoms with E-state index in [2.05, 4.69) is 28.3 Å². The number of rotatable bonds is 5. The van der Waals surface area contributed by atoms with Gasteiger partial charge in [0.05, 0.1) is 0 Å². The van der Waals surface area contributed by atoms with Crippen LogP contribution in [0.5, 0.6) is 0 Å². The van der Waals surface area contributed by atoms with Crippen molar-refractivity contribution in [3.05, 3.63) is 46.6 Å². The first-order chi connectivity index (χ1) is 11.5. The Hall–Kier alpha value is -1.92. The minimum Gasteiger partial charge on any atom is -0.326 e. The fourth-order valence-corrected chi connectivity index (χ4v) is 4.22. The molecule has 6 heteroatoms. The third-order valence-electron chi connectivity index (χ3n) is 3.65. The van der Waals surface area contributed by atoms with Gasteiger partial charge in [0.15, 0.2) is 0 Å². The third kappa shape index (κ3) is 3.94. The van der Waals surface area contributed by atoms with Gasteiger partial charge in [-0.15, -0.1) is 23.1 Å². The summed E-state index contributed by atoms with van der Waals surface area (Å²) in [6, 6.07) is 8.18. The molecule has 1 N–H and O–H groups in total. The van der Waals surface area contributed by atoms with Crippen molar-refractivity contribution in [2.24, 2.45) is 0 Å². The molecule has 124 valence electrons. The Labute approximate surface area is 149 Å². The van der Waals surface area contributed by atoms with Crippen LogP contribution >= 0.6 is 23.1 Å². The average Bonchev–Trinajstić information content (AvgIpc) is 2.92. The van der Waals surface area contributed by atoms with Gasteiger partial charge in [-0.1, -0.05) is 12.1 Å². The Morgan fingerprint density at radius 2 is 2.04 bits per heavy atom.